The van der Waals surface area contributed by atoms with Crippen molar-refractivity contribution >= 4 is 35.6 Å². The minimum absolute atomic E-state index is 0.0454. The maximum Gasteiger partial charge on any atom is 0.410 e. The summed E-state index contributed by atoms with van der Waals surface area (Å²) in [4.78, 5) is 29.2. The van der Waals surface area contributed by atoms with Crippen LogP contribution in [-0.4, -0.2) is 68.3 Å². The van der Waals surface area contributed by atoms with Gasteiger partial charge in [0.25, 0.3) is 0 Å². The fourth-order valence-corrected chi connectivity index (χ4v) is 3.90. The monoisotopic (exact) mass is 423 g/mol. The Kier molecular flexibility index (Phi) is 6.19. The number of carbonyl (C=O) groups excluding carboxylic acids is 2. The van der Waals surface area contributed by atoms with Gasteiger partial charge in [0.05, 0.1) is 4.88 Å². The van der Waals surface area contributed by atoms with Crippen LogP contribution >= 0.6 is 23.6 Å². The molecule has 2 aromatic heterocycles. The van der Waals surface area contributed by atoms with Gasteiger partial charge in [-0.15, -0.1) is 11.3 Å². The zero-order valence-electron chi connectivity index (χ0n) is 16.3. The van der Waals surface area contributed by atoms with Crippen molar-refractivity contribution in [2.75, 3.05) is 26.2 Å². The summed E-state index contributed by atoms with van der Waals surface area (Å²) < 4.78 is 7.75. The third-order valence-corrected chi connectivity index (χ3v) is 5.51. The predicted octanol–water partition coefficient (Wildman–Crippen LogP) is 3.14. The van der Waals surface area contributed by atoms with Crippen LogP contribution < -0.4 is 0 Å². The summed E-state index contributed by atoms with van der Waals surface area (Å²) >= 11 is 6.89. The fraction of sp³-hybridized carbons (Fsp3) is 0.556. The second-order valence-electron chi connectivity index (χ2n) is 7.58. The van der Waals surface area contributed by atoms with E-state index in [0.717, 1.165) is 10.7 Å². The van der Waals surface area contributed by atoms with E-state index in [2.05, 4.69) is 10.2 Å². The van der Waals surface area contributed by atoms with Crippen LogP contribution in [0.1, 0.15) is 27.2 Å². The number of aromatic amines is 1. The van der Waals surface area contributed by atoms with Crippen molar-refractivity contribution in [2.45, 2.75) is 39.3 Å². The van der Waals surface area contributed by atoms with Crippen molar-refractivity contribution in [1.82, 2.24) is 24.6 Å². The summed E-state index contributed by atoms with van der Waals surface area (Å²) in [6, 6.07) is 3.93. The van der Waals surface area contributed by atoms with Gasteiger partial charge in [-0.05, 0) is 44.4 Å². The van der Waals surface area contributed by atoms with Crippen molar-refractivity contribution in [1.29, 1.82) is 0 Å². The molecule has 0 aliphatic carbocycles. The molecule has 0 aromatic carbocycles. The molecule has 0 saturated carbocycles. The van der Waals surface area contributed by atoms with E-state index in [4.69, 9.17) is 17.0 Å². The van der Waals surface area contributed by atoms with E-state index in [1.807, 2.05) is 42.9 Å². The normalized spacial score (nSPS) is 15.0. The molecule has 0 unspecified atom stereocenters. The zero-order valence-corrected chi connectivity index (χ0v) is 17.9. The molecule has 8 nitrogen and oxygen atoms in total. The number of piperazine rings is 1. The topological polar surface area (TPSA) is 83.5 Å². The number of nitrogens with zero attached hydrogens (tertiary/aromatic N) is 4. The highest BCUT2D eigenvalue weighted by Gasteiger charge is 2.27. The van der Waals surface area contributed by atoms with Crippen molar-refractivity contribution in [3.8, 4) is 10.7 Å². The standard InChI is InChI=1S/C18H25N5O3S2/c1-18(2,3)26-17(25)22-10-8-21(9-11-22)14(24)6-7-23-15(19-20-16(23)27)13-5-4-12-28-13/h4-5,12H,6-11H2,1-3H3,(H,20,27). The highest BCUT2D eigenvalue weighted by molar-refractivity contribution is 7.71. The molecular formula is C18H25N5O3S2. The zero-order chi connectivity index (χ0) is 20.3. The molecule has 28 heavy (non-hydrogen) atoms. The van der Waals surface area contributed by atoms with Gasteiger partial charge in [0, 0.05) is 39.1 Å². The predicted molar refractivity (Wildman–Crippen MR) is 110 cm³/mol. The van der Waals surface area contributed by atoms with E-state index in [1.54, 1.807) is 21.1 Å². The van der Waals surface area contributed by atoms with Crippen molar-refractivity contribution in [2.24, 2.45) is 0 Å². The Morgan fingerprint density at radius 3 is 2.54 bits per heavy atom. The molecule has 0 spiro atoms. The van der Waals surface area contributed by atoms with Crippen molar-refractivity contribution in [3.63, 3.8) is 0 Å². The smallest absolute Gasteiger partial charge is 0.410 e. The molecular weight excluding hydrogens is 398 g/mol. The summed E-state index contributed by atoms with van der Waals surface area (Å²) in [5, 5.41) is 9.06. The number of thiophene rings is 1. The lowest BCUT2D eigenvalue weighted by molar-refractivity contribution is -0.133. The van der Waals surface area contributed by atoms with E-state index in [1.165, 1.54) is 0 Å². The van der Waals surface area contributed by atoms with E-state index < -0.39 is 5.60 Å². The molecule has 3 heterocycles. The largest absolute Gasteiger partial charge is 0.444 e. The molecule has 1 N–H and O–H groups in total. The first kappa shape index (κ1) is 20.5. The number of aromatic nitrogens is 3. The summed E-state index contributed by atoms with van der Waals surface area (Å²) in [7, 11) is 0. The van der Waals surface area contributed by atoms with Crippen LogP contribution in [0.2, 0.25) is 0 Å². The van der Waals surface area contributed by atoms with E-state index in [0.29, 0.717) is 43.9 Å². The van der Waals surface area contributed by atoms with Gasteiger partial charge >= 0.3 is 6.09 Å². The molecule has 152 valence electrons. The van der Waals surface area contributed by atoms with Gasteiger partial charge < -0.3 is 14.5 Å². The van der Waals surface area contributed by atoms with Crippen LogP contribution in [0.3, 0.4) is 0 Å². The summed E-state index contributed by atoms with van der Waals surface area (Å²) in [5.74, 6) is 0.798. The summed E-state index contributed by atoms with van der Waals surface area (Å²) in [6.45, 7) is 7.97. The van der Waals surface area contributed by atoms with Crippen LogP contribution in [0.5, 0.6) is 0 Å². The van der Waals surface area contributed by atoms with Crippen LogP contribution in [0, 0.1) is 4.77 Å². The Morgan fingerprint density at radius 2 is 1.93 bits per heavy atom. The molecule has 0 radical (unpaired) electrons. The van der Waals surface area contributed by atoms with Crippen LogP contribution in [0.25, 0.3) is 10.7 Å². The number of nitrogens with one attached hydrogen (secondary N) is 1. The summed E-state index contributed by atoms with van der Waals surface area (Å²) in [6.07, 6.45) is 0.00319. The lowest BCUT2D eigenvalue weighted by atomic mass is 10.2. The van der Waals surface area contributed by atoms with Crippen LogP contribution in [0.15, 0.2) is 17.5 Å². The molecule has 10 heteroatoms. The van der Waals surface area contributed by atoms with Crippen molar-refractivity contribution < 1.29 is 14.3 Å². The molecule has 2 amide bonds. The molecule has 0 bridgehead atoms. The number of hydrogen-bond donors (Lipinski definition) is 1. The molecule has 3 rings (SSSR count). The molecule has 1 fully saturated rings. The number of rotatable bonds is 4. The van der Waals surface area contributed by atoms with Gasteiger partial charge in [-0.25, -0.2) is 4.79 Å². The lowest BCUT2D eigenvalue weighted by Crippen LogP contribution is -2.51. The van der Waals surface area contributed by atoms with Crippen molar-refractivity contribution in [3.05, 3.63) is 22.3 Å². The maximum atomic E-state index is 12.6. The Labute approximate surface area is 173 Å². The number of ether oxygens (including phenoxy) is 1. The first-order chi connectivity index (χ1) is 13.2. The summed E-state index contributed by atoms with van der Waals surface area (Å²) in [5.41, 5.74) is -0.520. The van der Waals surface area contributed by atoms with Gasteiger partial charge in [-0.2, -0.15) is 5.10 Å². The number of hydrogen-bond acceptors (Lipinski definition) is 6. The van der Waals surface area contributed by atoms with Gasteiger partial charge in [0.1, 0.15) is 5.60 Å². The highest BCUT2D eigenvalue weighted by Crippen LogP contribution is 2.23. The minimum atomic E-state index is -0.520. The third-order valence-electron chi connectivity index (χ3n) is 4.33. The Morgan fingerprint density at radius 1 is 1.25 bits per heavy atom. The lowest BCUT2D eigenvalue weighted by Gasteiger charge is -2.35. The fourth-order valence-electron chi connectivity index (χ4n) is 2.95. The number of amides is 2. The van der Waals surface area contributed by atoms with Crippen LogP contribution in [0.4, 0.5) is 4.79 Å². The quantitative estimate of drug-likeness (QED) is 0.764. The third kappa shape index (κ3) is 4.99. The second-order valence-corrected chi connectivity index (χ2v) is 8.91. The number of H-pyrrole nitrogens is 1. The average Bonchev–Trinajstić information content (AvgIpc) is 3.28. The second kappa shape index (κ2) is 8.44. The first-order valence-electron chi connectivity index (χ1n) is 9.19. The molecule has 0 atom stereocenters. The van der Waals surface area contributed by atoms with Gasteiger partial charge in [0.15, 0.2) is 10.6 Å². The first-order valence-corrected chi connectivity index (χ1v) is 10.5. The van der Waals surface area contributed by atoms with E-state index in [-0.39, 0.29) is 12.0 Å². The highest BCUT2D eigenvalue weighted by atomic mass is 32.1. The molecule has 1 saturated heterocycles. The SMILES string of the molecule is CC(C)(C)OC(=O)N1CCN(C(=O)CCn2c(-c3cccs3)n[nH]c2=S)CC1. The van der Waals surface area contributed by atoms with E-state index in [9.17, 15) is 9.59 Å². The average molecular weight is 424 g/mol. The Hall–Kier alpha value is -2.20. The van der Waals surface area contributed by atoms with E-state index >= 15 is 0 Å². The van der Waals surface area contributed by atoms with Crippen LogP contribution in [-0.2, 0) is 16.1 Å². The van der Waals surface area contributed by atoms with Gasteiger partial charge in [-0.1, -0.05) is 6.07 Å². The molecule has 1 aliphatic heterocycles. The molecule has 1 aliphatic rings. The molecule has 2 aromatic rings. The maximum absolute atomic E-state index is 12.6. The number of carbonyl (C=O) groups is 2. The Balaban J connectivity index is 1.53. The van der Waals surface area contributed by atoms with Gasteiger partial charge in [0.2, 0.25) is 5.91 Å². The Bertz CT molecular complexity index is 874. The van der Waals surface area contributed by atoms with Gasteiger partial charge in [-0.3, -0.25) is 14.5 Å². The minimum Gasteiger partial charge on any atom is -0.444 e.